The van der Waals surface area contributed by atoms with Crippen LogP contribution in [0.1, 0.15) is 6.92 Å². The maximum absolute atomic E-state index is 5.15. The predicted octanol–water partition coefficient (Wildman–Crippen LogP) is 2.99. The zero-order chi connectivity index (χ0) is 18.8. The molecule has 1 aliphatic rings. The summed E-state index contributed by atoms with van der Waals surface area (Å²) in [4.78, 5) is 14.4. The number of nitrogens with zero attached hydrogens (tertiary/aromatic N) is 4. The van der Waals surface area contributed by atoms with Gasteiger partial charge in [-0.1, -0.05) is 0 Å². The first kappa shape index (κ1) is 19.0. The number of hydrogen-bond acceptors (Lipinski definition) is 7. The summed E-state index contributed by atoms with van der Waals surface area (Å²) in [6.45, 7) is 10.2. The van der Waals surface area contributed by atoms with E-state index in [1.165, 1.54) is 0 Å². The second-order valence-corrected chi connectivity index (χ2v) is 5.35. The van der Waals surface area contributed by atoms with Crippen molar-refractivity contribution in [3.8, 4) is 5.75 Å². The van der Waals surface area contributed by atoms with Crippen molar-refractivity contribution in [1.82, 2.24) is 10.2 Å². The number of allylic oxidation sites excluding steroid dienone is 2. The number of hydrogen-bond donors (Lipinski definition) is 2. The van der Waals surface area contributed by atoms with Crippen LogP contribution >= 0.6 is 0 Å². The summed E-state index contributed by atoms with van der Waals surface area (Å²) in [5.74, 6) is 0.820. The number of aliphatic imine (C=N–C) groups is 3. The van der Waals surface area contributed by atoms with Crippen LogP contribution in [0.25, 0.3) is 0 Å². The number of anilines is 1. The van der Waals surface area contributed by atoms with Gasteiger partial charge in [0.15, 0.2) is 0 Å². The van der Waals surface area contributed by atoms with E-state index in [1.54, 1.807) is 19.5 Å². The van der Waals surface area contributed by atoms with Crippen LogP contribution in [0.15, 0.2) is 74.8 Å². The van der Waals surface area contributed by atoms with E-state index >= 15 is 0 Å². The van der Waals surface area contributed by atoms with E-state index in [0.717, 1.165) is 22.8 Å². The standard InChI is InChI=1S/C19H24N6O/c1-15(20-2)19(25-11-5-10-22-14-25)18(21-3)12-23-13-24-16-6-8-17(26-4)9-7-16/h5-12,23-24H,2-3,13-14H2,1,4H3/b18-12-,19-15-. The molecule has 1 heterocycles. The van der Waals surface area contributed by atoms with Gasteiger partial charge in [-0.05, 0) is 50.7 Å². The molecule has 0 bridgehead atoms. The first-order valence-electron chi connectivity index (χ1n) is 8.09. The van der Waals surface area contributed by atoms with E-state index in [4.69, 9.17) is 4.74 Å². The zero-order valence-corrected chi connectivity index (χ0v) is 15.1. The molecule has 0 aromatic heterocycles. The van der Waals surface area contributed by atoms with Crippen molar-refractivity contribution in [2.75, 3.05) is 25.8 Å². The maximum Gasteiger partial charge on any atom is 0.119 e. The van der Waals surface area contributed by atoms with Crippen LogP contribution in [-0.4, -0.2) is 45.0 Å². The minimum Gasteiger partial charge on any atom is -0.497 e. The van der Waals surface area contributed by atoms with E-state index in [9.17, 15) is 0 Å². The Hall–Kier alpha value is -3.35. The van der Waals surface area contributed by atoms with Gasteiger partial charge in [0.05, 0.1) is 25.2 Å². The number of rotatable bonds is 9. The van der Waals surface area contributed by atoms with Gasteiger partial charge in [0.2, 0.25) is 0 Å². The first-order chi connectivity index (χ1) is 12.7. The summed E-state index contributed by atoms with van der Waals surface area (Å²) in [6, 6.07) is 7.70. The molecule has 0 radical (unpaired) electrons. The van der Waals surface area contributed by atoms with Crippen LogP contribution in [0.2, 0.25) is 0 Å². The fourth-order valence-electron chi connectivity index (χ4n) is 2.34. The Morgan fingerprint density at radius 3 is 2.65 bits per heavy atom. The molecule has 7 nitrogen and oxygen atoms in total. The van der Waals surface area contributed by atoms with Gasteiger partial charge in [-0.25, -0.2) is 0 Å². The van der Waals surface area contributed by atoms with Gasteiger partial charge in [-0.15, -0.1) is 0 Å². The molecule has 0 aliphatic carbocycles. The summed E-state index contributed by atoms with van der Waals surface area (Å²) in [5.41, 5.74) is 3.19. The lowest BCUT2D eigenvalue weighted by atomic mass is 10.2. The Morgan fingerprint density at radius 1 is 1.31 bits per heavy atom. The maximum atomic E-state index is 5.15. The highest BCUT2D eigenvalue weighted by atomic mass is 16.5. The van der Waals surface area contributed by atoms with Crippen LogP contribution < -0.4 is 15.4 Å². The average molecular weight is 352 g/mol. The van der Waals surface area contributed by atoms with Crippen LogP contribution in [0.5, 0.6) is 5.75 Å². The predicted molar refractivity (Wildman–Crippen MR) is 109 cm³/mol. The molecular weight excluding hydrogens is 328 g/mol. The summed E-state index contributed by atoms with van der Waals surface area (Å²) in [6.07, 6.45) is 7.33. The van der Waals surface area contributed by atoms with Gasteiger partial charge >= 0.3 is 0 Å². The van der Waals surface area contributed by atoms with Crippen LogP contribution in [0, 0.1) is 0 Å². The van der Waals surface area contributed by atoms with Crippen molar-refractivity contribution in [1.29, 1.82) is 0 Å². The second kappa shape index (κ2) is 9.83. The van der Waals surface area contributed by atoms with Crippen LogP contribution in [-0.2, 0) is 0 Å². The molecule has 26 heavy (non-hydrogen) atoms. The summed E-state index contributed by atoms with van der Waals surface area (Å²) >= 11 is 0. The Balaban J connectivity index is 2.04. The van der Waals surface area contributed by atoms with E-state index in [0.29, 0.717) is 19.0 Å². The Bertz CT molecular complexity index is 746. The van der Waals surface area contributed by atoms with E-state index in [2.05, 4.69) is 39.0 Å². The Morgan fingerprint density at radius 2 is 2.08 bits per heavy atom. The molecule has 0 saturated carbocycles. The zero-order valence-electron chi connectivity index (χ0n) is 15.1. The van der Waals surface area contributed by atoms with Gasteiger partial charge in [0, 0.05) is 24.3 Å². The van der Waals surface area contributed by atoms with Gasteiger partial charge in [0.25, 0.3) is 0 Å². The molecule has 136 valence electrons. The lowest BCUT2D eigenvalue weighted by molar-refractivity contribution is 0.415. The smallest absolute Gasteiger partial charge is 0.119 e. The summed E-state index contributed by atoms with van der Waals surface area (Å²) < 4.78 is 5.15. The molecule has 0 saturated heterocycles. The fraction of sp³-hybridized carbons (Fsp3) is 0.211. The van der Waals surface area contributed by atoms with Crippen LogP contribution in [0.4, 0.5) is 5.69 Å². The molecule has 2 N–H and O–H groups in total. The van der Waals surface area contributed by atoms with Crippen molar-refractivity contribution < 1.29 is 4.74 Å². The molecule has 0 spiro atoms. The van der Waals surface area contributed by atoms with Crippen LogP contribution in [0.3, 0.4) is 0 Å². The third-order valence-electron chi connectivity index (χ3n) is 3.69. The normalized spacial score (nSPS) is 14.5. The summed E-state index contributed by atoms with van der Waals surface area (Å²) in [7, 11) is 1.65. The van der Waals surface area contributed by atoms with Crippen molar-refractivity contribution in [2.45, 2.75) is 6.92 Å². The molecule has 0 unspecified atom stereocenters. The minimum absolute atomic E-state index is 0.496. The highest BCUT2D eigenvalue weighted by molar-refractivity contribution is 5.71. The largest absolute Gasteiger partial charge is 0.497 e. The Labute approximate surface area is 154 Å². The fourth-order valence-corrected chi connectivity index (χ4v) is 2.34. The third-order valence-corrected chi connectivity index (χ3v) is 3.69. The van der Waals surface area contributed by atoms with Gasteiger partial charge < -0.3 is 20.3 Å². The molecule has 1 aromatic carbocycles. The average Bonchev–Trinajstić information content (AvgIpc) is 2.71. The van der Waals surface area contributed by atoms with Crippen molar-refractivity contribution in [3.63, 3.8) is 0 Å². The highest BCUT2D eigenvalue weighted by Gasteiger charge is 2.15. The molecule has 1 aromatic rings. The van der Waals surface area contributed by atoms with Gasteiger partial charge in [-0.3, -0.25) is 15.0 Å². The lowest BCUT2D eigenvalue weighted by Gasteiger charge is -2.24. The monoisotopic (exact) mass is 352 g/mol. The van der Waals surface area contributed by atoms with Gasteiger partial charge in [-0.2, -0.15) is 0 Å². The molecular formula is C19H24N6O. The molecule has 0 atom stereocenters. The van der Waals surface area contributed by atoms with E-state index in [1.807, 2.05) is 48.4 Å². The minimum atomic E-state index is 0.496. The van der Waals surface area contributed by atoms with Crippen molar-refractivity contribution in [3.05, 3.63) is 59.8 Å². The van der Waals surface area contributed by atoms with E-state index < -0.39 is 0 Å². The lowest BCUT2D eigenvalue weighted by Crippen LogP contribution is -2.23. The molecule has 7 heteroatoms. The highest BCUT2D eigenvalue weighted by Crippen LogP contribution is 2.22. The first-order valence-corrected chi connectivity index (χ1v) is 8.09. The summed E-state index contributed by atoms with van der Waals surface area (Å²) in [5, 5.41) is 6.45. The molecule has 0 fully saturated rings. The topological polar surface area (TPSA) is 73.6 Å². The quantitative estimate of drug-likeness (QED) is 0.310. The van der Waals surface area contributed by atoms with Crippen molar-refractivity contribution >= 4 is 25.3 Å². The number of ether oxygens (including phenoxy) is 1. The van der Waals surface area contributed by atoms with E-state index in [-0.39, 0.29) is 0 Å². The SMILES string of the molecule is C=NC(=C\NCNc1ccc(OC)cc1)/C(=C(\C)N=C)N1C=CC=NC1. The molecule has 1 aliphatic heterocycles. The van der Waals surface area contributed by atoms with Gasteiger partial charge in [0.1, 0.15) is 18.1 Å². The molecule has 0 amide bonds. The Kier molecular flexibility index (Phi) is 7.17. The second-order valence-electron chi connectivity index (χ2n) is 5.35. The molecule has 2 rings (SSSR count). The third kappa shape index (κ3) is 5.07. The number of methoxy groups -OCH3 is 1. The number of nitrogens with one attached hydrogen (secondary N) is 2. The number of benzene rings is 1. The van der Waals surface area contributed by atoms with Crippen molar-refractivity contribution in [2.24, 2.45) is 15.0 Å².